The molecule has 0 saturated carbocycles. The lowest BCUT2D eigenvalue weighted by Crippen LogP contribution is -2.24. The SMILES string of the molecule is CNCC(Nc1ncnc2c(C(N)=O)ccnc12)c1ccc(F)c(Cl)c1. The van der Waals surface area contributed by atoms with E-state index in [0.717, 1.165) is 5.56 Å². The molecule has 0 aliphatic carbocycles. The molecular weight excluding hydrogens is 359 g/mol. The van der Waals surface area contributed by atoms with Crippen LogP contribution in [0.2, 0.25) is 5.02 Å². The number of nitrogens with one attached hydrogen (secondary N) is 2. The first-order chi connectivity index (χ1) is 12.5. The number of nitrogens with zero attached hydrogens (tertiary/aromatic N) is 3. The highest BCUT2D eigenvalue weighted by Gasteiger charge is 2.17. The minimum atomic E-state index is -0.598. The summed E-state index contributed by atoms with van der Waals surface area (Å²) >= 11 is 5.90. The molecule has 2 aromatic heterocycles. The molecule has 2 heterocycles. The predicted octanol–water partition coefficient (Wildman–Crippen LogP) is 2.29. The molecule has 0 radical (unpaired) electrons. The van der Waals surface area contributed by atoms with E-state index in [1.54, 1.807) is 19.2 Å². The van der Waals surface area contributed by atoms with E-state index in [1.165, 1.54) is 24.7 Å². The summed E-state index contributed by atoms with van der Waals surface area (Å²) in [5.74, 6) is -0.656. The van der Waals surface area contributed by atoms with Crippen LogP contribution in [0.4, 0.5) is 10.2 Å². The second-order valence-corrected chi connectivity index (χ2v) is 5.98. The number of benzene rings is 1. The van der Waals surface area contributed by atoms with Gasteiger partial charge in [-0.05, 0) is 30.8 Å². The van der Waals surface area contributed by atoms with Crippen LogP contribution in [-0.2, 0) is 0 Å². The average Bonchev–Trinajstić information content (AvgIpc) is 2.63. The molecule has 0 bridgehead atoms. The zero-order valence-electron chi connectivity index (χ0n) is 13.8. The molecule has 1 amide bonds. The fraction of sp³-hybridized carbons (Fsp3) is 0.176. The molecule has 9 heteroatoms. The van der Waals surface area contributed by atoms with Crippen LogP contribution in [0.5, 0.6) is 0 Å². The van der Waals surface area contributed by atoms with E-state index in [1.807, 2.05) is 0 Å². The van der Waals surface area contributed by atoms with Gasteiger partial charge in [-0.3, -0.25) is 9.78 Å². The number of carbonyl (C=O) groups is 1. The third kappa shape index (κ3) is 3.56. The second-order valence-electron chi connectivity index (χ2n) is 5.57. The summed E-state index contributed by atoms with van der Waals surface area (Å²) < 4.78 is 13.5. The molecule has 3 rings (SSSR count). The Morgan fingerprint density at radius 3 is 2.77 bits per heavy atom. The number of anilines is 1. The lowest BCUT2D eigenvalue weighted by Gasteiger charge is -2.20. The fourth-order valence-electron chi connectivity index (χ4n) is 2.62. The summed E-state index contributed by atoms with van der Waals surface area (Å²) in [7, 11) is 1.79. The average molecular weight is 375 g/mol. The van der Waals surface area contributed by atoms with Crippen molar-refractivity contribution in [1.82, 2.24) is 20.3 Å². The molecule has 0 aliphatic heterocycles. The molecule has 1 atom stereocenters. The van der Waals surface area contributed by atoms with Gasteiger partial charge in [0.1, 0.15) is 23.2 Å². The number of aromatic nitrogens is 3. The van der Waals surface area contributed by atoms with E-state index in [-0.39, 0.29) is 16.6 Å². The van der Waals surface area contributed by atoms with E-state index < -0.39 is 11.7 Å². The van der Waals surface area contributed by atoms with Gasteiger partial charge >= 0.3 is 0 Å². The largest absolute Gasteiger partial charge is 0.366 e. The number of halogens is 2. The summed E-state index contributed by atoms with van der Waals surface area (Å²) in [6, 6.07) is 5.74. The van der Waals surface area contributed by atoms with Crippen LogP contribution >= 0.6 is 11.6 Å². The van der Waals surface area contributed by atoms with Crippen LogP contribution in [0.3, 0.4) is 0 Å². The van der Waals surface area contributed by atoms with Crippen LogP contribution in [0.1, 0.15) is 22.0 Å². The highest BCUT2D eigenvalue weighted by molar-refractivity contribution is 6.30. The van der Waals surface area contributed by atoms with Crippen molar-refractivity contribution in [1.29, 1.82) is 0 Å². The lowest BCUT2D eigenvalue weighted by atomic mass is 10.1. The molecule has 1 unspecified atom stereocenters. The van der Waals surface area contributed by atoms with Crippen molar-refractivity contribution in [2.75, 3.05) is 18.9 Å². The number of rotatable bonds is 6. The van der Waals surface area contributed by atoms with Gasteiger partial charge in [0, 0.05) is 12.7 Å². The molecule has 3 aromatic rings. The molecule has 26 heavy (non-hydrogen) atoms. The molecule has 0 saturated heterocycles. The van der Waals surface area contributed by atoms with Crippen molar-refractivity contribution in [2.45, 2.75) is 6.04 Å². The normalized spacial score (nSPS) is 12.1. The maximum atomic E-state index is 13.5. The smallest absolute Gasteiger partial charge is 0.251 e. The van der Waals surface area contributed by atoms with Gasteiger partial charge in [0.05, 0.1) is 16.6 Å². The van der Waals surface area contributed by atoms with E-state index >= 15 is 0 Å². The Bertz CT molecular complexity index is 967. The van der Waals surface area contributed by atoms with Gasteiger partial charge in [0.15, 0.2) is 5.82 Å². The number of nitrogens with two attached hydrogens (primary N) is 1. The Morgan fingerprint density at radius 1 is 1.27 bits per heavy atom. The number of fused-ring (bicyclic) bond motifs is 1. The summed E-state index contributed by atoms with van der Waals surface area (Å²) in [6.07, 6.45) is 2.80. The molecule has 0 fully saturated rings. The van der Waals surface area contributed by atoms with Crippen molar-refractivity contribution in [3.8, 4) is 0 Å². The van der Waals surface area contributed by atoms with Crippen LogP contribution in [-0.4, -0.2) is 34.5 Å². The van der Waals surface area contributed by atoms with Crippen molar-refractivity contribution in [3.63, 3.8) is 0 Å². The Kier molecular flexibility index (Phi) is 5.24. The first kappa shape index (κ1) is 18.0. The quantitative estimate of drug-likeness (QED) is 0.611. The number of pyridine rings is 1. The molecule has 0 spiro atoms. The molecule has 1 aromatic carbocycles. The Balaban J connectivity index is 2.03. The summed E-state index contributed by atoms with van der Waals surface area (Å²) in [6.45, 7) is 0.517. The van der Waals surface area contributed by atoms with Crippen molar-refractivity contribution in [3.05, 3.63) is 58.8 Å². The molecule has 7 nitrogen and oxygen atoms in total. The topological polar surface area (TPSA) is 106 Å². The Morgan fingerprint density at radius 2 is 2.08 bits per heavy atom. The number of hydrogen-bond acceptors (Lipinski definition) is 6. The Labute approximate surface area is 153 Å². The number of carbonyl (C=O) groups excluding carboxylic acids is 1. The lowest BCUT2D eigenvalue weighted by molar-refractivity contribution is 0.100. The molecule has 0 aliphatic rings. The summed E-state index contributed by atoms with van der Waals surface area (Å²) in [5, 5.41) is 6.34. The number of primary amides is 1. The number of hydrogen-bond donors (Lipinski definition) is 3. The highest BCUT2D eigenvalue weighted by atomic mass is 35.5. The Hall–Kier alpha value is -2.84. The van der Waals surface area contributed by atoms with Crippen molar-refractivity contribution in [2.24, 2.45) is 5.73 Å². The highest BCUT2D eigenvalue weighted by Crippen LogP contribution is 2.26. The van der Waals surface area contributed by atoms with Gasteiger partial charge in [-0.1, -0.05) is 17.7 Å². The van der Waals surface area contributed by atoms with E-state index in [9.17, 15) is 9.18 Å². The van der Waals surface area contributed by atoms with Crippen LogP contribution < -0.4 is 16.4 Å². The number of likely N-dealkylation sites (N-methyl/N-ethyl adjacent to an activating group) is 1. The second kappa shape index (κ2) is 7.59. The van der Waals surface area contributed by atoms with Crippen LogP contribution in [0.25, 0.3) is 11.0 Å². The zero-order valence-corrected chi connectivity index (χ0v) is 14.6. The first-order valence-electron chi connectivity index (χ1n) is 7.77. The fourth-order valence-corrected chi connectivity index (χ4v) is 2.81. The maximum absolute atomic E-state index is 13.5. The van der Waals surface area contributed by atoms with Crippen molar-refractivity contribution < 1.29 is 9.18 Å². The van der Waals surface area contributed by atoms with E-state index in [2.05, 4.69) is 25.6 Å². The summed E-state index contributed by atoms with van der Waals surface area (Å²) in [4.78, 5) is 24.2. The minimum Gasteiger partial charge on any atom is -0.366 e. The third-order valence-corrected chi connectivity index (χ3v) is 4.14. The molecule has 4 N–H and O–H groups in total. The van der Waals surface area contributed by atoms with Gasteiger partial charge in [-0.2, -0.15) is 0 Å². The maximum Gasteiger partial charge on any atom is 0.251 e. The van der Waals surface area contributed by atoms with Gasteiger partial charge in [0.25, 0.3) is 5.91 Å². The van der Waals surface area contributed by atoms with E-state index in [4.69, 9.17) is 17.3 Å². The predicted molar refractivity (Wildman–Crippen MR) is 97.6 cm³/mol. The number of amides is 1. The monoisotopic (exact) mass is 374 g/mol. The van der Waals surface area contributed by atoms with Gasteiger partial charge in [0.2, 0.25) is 0 Å². The van der Waals surface area contributed by atoms with E-state index in [0.29, 0.717) is 23.4 Å². The standard InChI is InChI=1S/C17H16ClFN6O/c1-21-7-13(9-2-3-12(19)11(18)6-9)25-17-15-14(23-8-24-17)10(16(20)26)4-5-22-15/h2-6,8,13,21H,7H2,1H3,(H2,20,26)(H,23,24,25). The third-order valence-electron chi connectivity index (χ3n) is 3.85. The first-order valence-corrected chi connectivity index (χ1v) is 8.14. The van der Waals surface area contributed by atoms with Gasteiger partial charge in [-0.25, -0.2) is 14.4 Å². The van der Waals surface area contributed by atoms with Crippen LogP contribution in [0, 0.1) is 5.82 Å². The van der Waals surface area contributed by atoms with Gasteiger partial charge in [-0.15, -0.1) is 0 Å². The van der Waals surface area contributed by atoms with Crippen molar-refractivity contribution >= 4 is 34.4 Å². The summed E-state index contributed by atoms with van der Waals surface area (Å²) in [5.41, 5.74) is 7.19. The minimum absolute atomic E-state index is 0.0343. The van der Waals surface area contributed by atoms with Gasteiger partial charge < -0.3 is 16.4 Å². The molecular formula is C17H16ClFN6O. The van der Waals surface area contributed by atoms with Crippen LogP contribution in [0.15, 0.2) is 36.8 Å². The zero-order chi connectivity index (χ0) is 18.7. The molecule has 134 valence electrons.